The summed E-state index contributed by atoms with van der Waals surface area (Å²) in [5.41, 5.74) is 2.03. The van der Waals surface area contributed by atoms with Crippen LogP contribution < -0.4 is 10.6 Å². The van der Waals surface area contributed by atoms with Gasteiger partial charge < -0.3 is 10.6 Å². The number of hydrogen-bond donors (Lipinski definition) is 2. The second-order valence-corrected chi connectivity index (χ2v) is 4.85. The average molecular weight is 288 g/mol. The zero-order chi connectivity index (χ0) is 14.1. The summed E-state index contributed by atoms with van der Waals surface area (Å²) in [7, 11) is 0. The van der Waals surface area contributed by atoms with Gasteiger partial charge >= 0.3 is 0 Å². The SMILES string of the molecule is O=C1Cc2ccc(C(=O)Nc3cc(Cl)ccn3)cc2N1. The van der Waals surface area contributed by atoms with E-state index in [1.54, 1.807) is 30.3 Å². The number of anilines is 2. The highest BCUT2D eigenvalue weighted by molar-refractivity contribution is 6.30. The van der Waals surface area contributed by atoms with Crippen LogP contribution in [0.1, 0.15) is 15.9 Å². The molecule has 0 spiro atoms. The summed E-state index contributed by atoms with van der Waals surface area (Å²) < 4.78 is 0. The van der Waals surface area contributed by atoms with Crippen molar-refractivity contribution in [2.24, 2.45) is 0 Å². The van der Waals surface area contributed by atoms with Crippen LogP contribution in [0, 0.1) is 0 Å². The van der Waals surface area contributed by atoms with Gasteiger partial charge in [-0.1, -0.05) is 17.7 Å². The predicted octanol–water partition coefficient (Wildman–Crippen LogP) is 2.48. The van der Waals surface area contributed by atoms with Gasteiger partial charge in [0.25, 0.3) is 5.91 Å². The van der Waals surface area contributed by atoms with Gasteiger partial charge in [0.05, 0.1) is 6.42 Å². The molecule has 0 saturated carbocycles. The number of hydrogen-bond acceptors (Lipinski definition) is 3. The minimum Gasteiger partial charge on any atom is -0.326 e. The van der Waals surface area contributed by atoms with Crippen molar-refractivity contribution in [2.75, 3.05) is 10.6 Å². The lowest BCUT2D eigenvalue weighted by atomic mass is 10.1. The van der Waals surface area contributed by atoms with E-state index in [9.17, 15) is 9.59 Å². The molecule has 1 aromatic carbocycles. The Morgan fingerprint density at radius 1 is 1.30 bits per heavy atom. The topological polar surface area (TPSA) is 71.1 Å². The maximum absolute atomic E-state index is 12.1. The van der Waals surface area contributed by atoms with Gasteiger partial charge in [0.1, 0.15) is 5.82 Å². The molecule has 0 aliphatic carbocycles. The van der Waals surface area contributed by atoms with E-state index in [1.165, 1.54) is 6.20 Å². The Kier molecular flexibility index (Phi) is 3.12. The number of nitrogens with zero attached hydrogens (tertiary/aromatic N) is 1. The normalized spacial score (nSPS) is 12.8. The molecule has 6 heteroatoms. The molecule has 0 saturated heterocycles. The smallest absolute Gasteiger partial charge is 0.256 e. The molecule has 0 radical (unpaired) electrons. The third-order valence-electron chi connectivity index (χ3n) is 2.96. The number of pyridine rings is 1. The van der Waals surface area contributed by atoms with Crippen LogP contribution >= 0.6 is 11.6 Å². The first-order valence-electron chi connectivity index (χ1n) is 5.97. The molecule has 2 heterocycles. The van der Waals surface area contributed by atoms with Gasteiger partial charge in [-0.15, -0.1) is 0 Å². The van der Waals surface area contributed by atoms with E-state index in [1.807, 2.05) is 0 Å². The van der Waals surface area contributed by atoms with Crippen molar-refractivity contribution < 1.29 is 9.59 Å². The monoisotopic (exact) mass is 287 g/mol. The lowest BCUT2D eigenvalue weighted by Crippen LogP contribution is -2.13. The molecule has 3 rings (SSSR count). The van der Waals surface area contributed by atoms with E-state index in [2.05, 4.69) is 15.6 Å². The van der Waals surface area contributed by atoms with Gasteiger partial charge in [-0.3, -0.25) is 9.59 Å². The van der Waals surface area contributed by atoms with Crippen LogP contribution in [0.4, 0.5) is 11.5 Å². The molecule has 5 nitrogen and oxygen atoms in total. The maximum atomic E-state index is 12.1. The average Bonchev–Trinajstić information content (AvgIpc) is 2.77. The van der Waals surface area contributed by atoms with Crippen LogP contribution in [0.3, 0.4) is 0 Å². The molecule has 2 N–H and O–H groups in total. The number of fused-ring (bicyclic) bond motifs is 1. The number of carbonyl (C=O) groups excluding carboxylic acids is 2. The van der Waals surface area contributed by atoms with Crippen LogP contribution in [0.5, 0.6) is 0 Å². The van der Waals surface area contributed by atoms with Crippen molar-refractivity contribution in [1.82, 2.24) is 4.98 Å². The number of nitrogens with one attached hydrogen (secondary N) is 2. The Labute approximate surface area is 120 Å². The first-order chi connectivity index (χ1) is 9.61. The maximum Gasteiger partial charge on any atom is 0.256 e. The third kappa shape index (κ3) is 2.48. The minimum atomic E-state index is -0.302. The molecule has 20 heavy (non-hydrogen) atoms. The summed E-state index contributed by atoms with van der Waals surface area (Å²) in [6.45, 7) is 0. The summed E-state index contributed by atoms with van der Waals surface area (Å²) >= 11 is 5.83. The Hall–Kier alpha value is -2.40. The number of benzene rings is 1. The Morgan fingerprint density at radius 2 is 2.15 bits per heavy atom. The largest absolute Gasteiger partial charge is 0.326 e. The molecule has 0 bridgehead atoms. The second-order valence-electron chi connectivity index (χ2n) is 4.41. The molecular weight excluding hydrogens is 278 g/mol. The van der Waals surface area contributed by atoms with Crippen molar-refractivity contribution in [2.45, 2.75) is 6.42 Å². The van der Waals surface area contributed by atoms with Gasteiger partial charge in [0.2, 0.25) is 5.91 Å². The Morgan fingerprint density at radius 3 is 2.95 bits per heavy atom. The van der Waals surface area contributed by atoms with Crippen LogP contribution in [0.2, 0.25) is 5.02 Å². The van der Waals surface area contributed by atoms with Crippen molar-refractivity contribution >= 4 is 34.9 Å². The fourth-order valence-corrected chi connectivity index (χ4v) is 2.18. The molecule has 2 amide bonds. The highest BCUT2D eigenvalue weighted by atomic mass is 35.5. The van der Waals surface area contributed by atoms with Gasteiger partial charge in [-0.25, -0.2) is 4.98 Å². The van der Waals surface area contributed by atoms with Crippen molar-refractivity contribution in [3.05, 3.63) is 52.7 Å². The Balaban J connectivity index is 1.81. The number of aromatic nitrogens is 1. The van der Waals surface area contributed by atoms with Crippen LogP contribution in [-0.2, 0) is 11.2 Å². The molecule has 0 unspecified atom stereocenters. The molecular formula is C14H10ClN3O2. The first-order valence-corrected chi connectivity index (χ1v) is 6.35. The van der Waals surface area contributed by atoms with E-state index in [0.29, 0.717) is 28.5 Å². The Bertz CT molecular complexity index is 715. The molecule has 0 atom stereocenters. The predicted molar refractivity (Wildman–Crippen MR) is 76.0 cm³/mol. The summed E-state index contributed by atoms with van der Waals surface area (Å²) in [6, 6.07) is 8.30. The standard InChI is InChI=1S/C14H10ClN3O2/c15-10-3-4-16-12(7-10)18-14(20)9-2-1-8-6-13(19)17-11(8)5-9/h1-5,7H,6H2,(H,17,19)(H,16,18,20). The fourth-order valence-electron chi connectivity index (χ4n) is 2.02. The molecule has 1 aliphatic rings. The second kappa shape index (κ2) is 4.94. The lowest BCUT2D eigenvalue weighted by Gasteiger charge is -2.06. The zero-order valence-electron chi connectivity index (χ0n) is 10.3. The van der Waals surface area contributed by atoms with Crippen molar-refractivity contribution in [1.29, 1.82) is 0 Å². The summed E-state index contributed by atoms with van der Waals surface area (Å²) in [6.07, 6.45) is 1.87. The van der Waals surface area contributed by atoms with Crippen LogP contribution in [0.25, 0.3) is 0 Å². The highest BCUT2D eigenvalue weighted by Gasteiger charge is 2.19. The van der Waals surface area contributed by atoms with Crippen molar-refractivity contribution in [3.8, 4) is 0 Å². The van der Waals surface area contributed by atoms with Crippen molar-refractivity contribution in [3.63, 3.8) is 0 Å². The van der Waals surface area contributed by atoms with E-state index < -0.39 is 0 Å². The van der Waals surface area contributed by atoms with Gasteiger partial charge in [0.15, 0.2) is 0 Å². The third-order valence-corrected chi connectivity index (χ3v) is 3.20. The number of rotatable bonds is 2. The quantitative estimate of drug-likeness (QED) is 0.891. The van der Waals surface area contributed by atoms with E-state index in [-0.39, 0.29) is 11.8 Å². The van der Waals surface area contributed by atoms with Gasteiger partial charge in [-0.2, -0.15) is 0 Å². The van der Waals surface area contributed by atoms with Crippen LogP contribution in [-0.4, -0.2) is 16.8 Å². The molecule has 100 valence electrons. The molecule has 1 aromatic heterocycles. The fraction of sp³-hybridized carbons (Fsp3) is 0.0714. The van der Waals surface area contributed by atoms with E-state index in [4.69, 9.17) is 11.6 Å². The van der Waals surface area contributed by atoms with E-state index in [0.717, 1.165) is 5.56 Å². The minimum absolute atomic E-state index is 0.0610. The number of amides is 2. The number of carbonyl (C=O) groups is 2. The summed E-state index contributed by atoms with van der Waals surface area (Å²) in [4.78, 5) is 27.4. The lowest BCUT2D eigenvalue weighted by molar-refractivity contribution is -0.115. The summed E-state index contributed by atoms with van der Waals surface area (Å²) in [5, 5.41) is 5.86. The first kappa shape index (κ1) is 12.6. The zero-order valence-corrected chi connectivity index (χ0v) is 11.1. The summed E-state index contributed by atoms with van der Waals surface area (Å²) in [5.74, 6) is 0.0183. The van der Waals surface area contributed by atoms with Crippen LogP contribution in [0.15, 0.2) is 36.5 Å². The number of halogens is 1. The van der Waals surface area contributed by atoms with Gasteiger partial charge in [-0.05, 0) is 29.8 Å². The molecule has 1 aliphatic heterocycles. The molecule has 2 aromatic rings. The molecule has 0 fully saturated rings. The van der Waals surface area contributed by atoms with Gasteiger partial charge in [0, 0.05) is 22.5 Å². The highest BCUT2D eigenvalue weighted by Crippen LogP contribution is 2.24. The van der Waals surface area contributed by atoms with E-state index >= 15 is 0 Å².